The Morgan fingerprint density at radius 3 is 2.64 bits per heavy atom. The highest BCUT2D eigenvalue weighted by atomic mass is 16.3. The highest BCUT2D eigenvalue weighted by molar-refractivity contribution is 5.95. The molecule has 5 heteroatoms. The molecule has 2 aromatic rings. The Morgan fingerprint density at radius 2 is 1.89 bits per heavy atom. The van der Waals surface area contributed by atoms with Crippen molar-refractivity contribution in [3.8, 4) is 5.75 Å². The van der Waals surface area contributed by atoms with Gasteiger partial charge in [0.05, 0.1) is 5.41 Å². The first kappa shape index (κ1) is 18.5. The van der Waals surface area contributed by atoms with Crippen molar-refractivity contribution in [3.63, 3.8) is 0 Å². The second kappa shape index (κ2) is 7.30. The summed E-state index contributed by atoms with van der Waals surface area (Å²) in [4.78, 5) is 29.9. The molecule has 1 spiro atoms. The molecule has 0 bridgehead atoms. The Morgan fingerprint density at radius 1 is 1.11 bits per heavy atom. The summed E-state index contributed by atoms with van der Waals surface area (Å²) in [6.45, 7) is 4.56. The molecule has 2 aliphatic heterocycles. The molecule has 2 amide bonds. The van der Waals surface area contributed by atoms with E-state index in [0.717, 1.165) is 31.4 Å². The van der Waals surface area contributed by atoms with Crippen LogP contribution in [0.3, 0.4) is 0 Å². The zero-order valence-corrected chi connectivity index (χ0v) is 16.2. The molecule has 1 atom stereocenters. The summed E-state index contributed by atoms with van der Waals surface area (Å²) in [5.41, 5.74) is 2.45. The smallest absolute Gasteiger partial charge is 0.253 e. The van der Waals surface area contributed by atoms with Gasteiger partial charge in [0.25, 0.3) is 5.91 Å². The summed E-state index contributed by atoms with van der Waals surface area (Å²) in [7, 11) is 0. The van der Waals surface area contributed by atoms with E-state index in [1.807, 2.05) is 11.0 Å². The van der Waals surface area contributed by atoms with Gasteiger partial charge in [-0.05, 0) is 56.0 Å². The van der Waals surface area contributed by atoms with E-state index in [1.165, 1.54) is 17.7 Å². The van der Waals surface area contributed by atoms with Gasteiger partial charge in [-0.1, -0.05) is 29.8 Å². The predicted octanol–water partition coefficient (Wildman–Crippen LogP) is 3.36. The summed E-state index contributed by atoms with van der Waals surface area (Å²) < 4.78 is 0. The van der Waals surface area contributed by atoms with Crippen LogP contribution in [-0.4, -0.2) is 46.4 Å². The number of amides is 2. The molecule has 0 aliphatic carbocycles. The number of phenols is 1. The topological polar surface area (TPSA) is 60.9 Å². The molecule has 2 saturated heterocycles. The third-order valence-corrected chi connectivity index (χ3v) is 6.04. The van der Waals surface area contributed by atoms with Crippen molar-refractivity contribution in [1.29, 1.82) is 0 Å². The number of benzene rings is 2. The standard InChI is InChI=1S/C23H26N2O3/c1-17-4-2-5-18(14-17)15-24-12-3-10-23(22(24)28)11-13-25(16-23)21(27)19-6-8-20(26)9-7-19/h2,4-9,14,26H,3,10-13,15-16H2,1H3/t23-/m1/s1. The molecule has 0 radical (unpaired) electrons. The lowest BCUT2D eigenvalue weighted by atomic mass is 9.78. The summed E-state index contributed by atoms with van der Waals surface area (Å²) in [5.74, 6) is 0.255. The predicted molar refractivity (Wildman–Crippen MR) is 107 cm³/mol. The van der Waals surface area contributed by atoms with Crippen LogP contribution >= 0.6 is 0 Å². The van der Waals surface area contributed by atoms with Crippen LogP contribution in [0.25, 0.3) is 0 Å². The lowest BCUT2D eigenvalue weighted by molar-refractivity contribution is -0.146. The number of rotatable bonds is 3. The van der Waals surface area contributed by atoms with Crippen LogP contribution in [-0.2, 0) is 11.3 Å². The van der Waals surface area contributed by atoms with Gasteiger partial charge in [-0.3, -0.25) is 9.59 Å². The Kier molecular flexibility index (Phi) is 4.84. The van der Waals surface area contributed by atoms with Crippen molar-refractivity contribution in [1.82, 2.24) is 9.80 Å². The average molecular weight is 378 g/mol. The molecule has 0 saturated carbocycles. The second-order valence-corrected chi connectivity index (χ2v) is 8.12. The second-order valence-electron chi connectivity index (χ2n) is 8.12. The van der Waals surface area contributed by atoms with Crippen LogP contribution < -0.4 is 0 Å². The van der Waals surface area contributed by atoms with Gasteiger partial charge in [0.1, 0.15) is 5.75 Å². The van der Waals surface area contributed by atoms with Crippen LogP contribution in [0.2, 0.25) is 0 Å². The van der Waals surface area contributed by atoms with E-state index >= 15 is 0 Å². The van der Waals surface area contributed by atoms with Crippen LogP contribution in [0.15, 0.2) is 48.5 Å². The van der Waals surface area contributed by atoms with Crippen molar-refractivity contribution in [2.24, 2.45) is 5.41 Å². The first-order chi connectivity index (χ1) is 13.5. The minimum atomic E-state index is -0.450. The summed E-state index contributed by atoms with van der Waals surface area (Å²) in [6.07, 6.45) is 2.54. The van der Waals surface area contributed by atoms with E-state index in [4.69, 9.17) is 0 Å². The monoisotopic (exact) mass is 378 g/mol. The van der Waals surface area contributed by atoms with Crippen molar-refractivity contribution in [2.45, 2.75) is 32.7 Å². The van der Waals surface area contributed by atoms with E-state index in [1.54, 1.807) is 17.0 Å². The van der Waals surface area contributed by atoms with E-state index in [0.29, 0.717) is 25.2 Å². The van der Waals surface area contributed by atoms with E-state index in [9.17, 15) is 14.7 Å². The minimum absolute atomic E-state index is 0.0690. The van der Waals surface area contributed by atoms with Gasteiger partial charge in [-0.25, -0.2) is 0 Å². The maximum Gasteiger partial charge on any atom is 0.253 e. The molecule has 0 unspecified atom stereocenters. The molecule has 2 heterocycles. The number of phenolic OH excluding ortho intramolecular Hbond substituents is 1. The van der Waals surface area contributed by atoms with Gasteiger partial charge >= 0.3 is 0 Å². The van der Waals surface area contributed by atoms with Gasteiger partial charge < -0.3 is 14.9 Å². The molecule has 4 rings (SSSR count). The fraction of sp³-hybridized carbons (Fsp3) is 0.391. The maximum atomic E-state index is 13.3. The van der Waals surface area contributed by atoms with Gasteiger partial charge in [0.2, 0.25) is 5.91 Å². The SMILES string of the molecule is Cc1cccc(CN2CCC[C@]3(CCN(C(=O)c4ccc(O)cc4)C3)C2=O)c1. The summed E-state index contributed by atoms with van der Waals surface area (Å²) in [5, 5.41) is 9.43. The van der Waals surface area contributed by atoms with Crippen LogP contribution in [0.4, 0.5) is 0 Å². The number of hydrogen-bond donors (Lipinski definition) is 1. The molecular formula is C23H26N2O3. The number of aromatic hydroxyl groups is 1. The number of piperidine rings is 1. The average Bonchev–Trinajstić information content (AvgIpc) is 3.11. The molecule has 2 fully saturated rings. The third-order valence-electron chi connectivity index (χ3n) is 6.04. The number of carbonyl (C=O) groups is 2. The van der Waals surface area contributed by atoms with Gasteiger partial charge in [-0.15, -0.1) is 0 Å². The zero-order chi connectivity index (χ0) is 19.7. The lowest BCUT2D eigenvalue weighted by Gasteiger charge is -2.39. The van der Waals surface area contributed by atoms with Crippen molar-refractivity contribution >= 4 is 11.8 Å². The molecular weight excluding hydrogens is 352 g/mol. The highest BCUT2D eigenvalue weighted by Crippen LogP contribution is 2.41. The third kappa shape index (κ3) is 3.49. The minimum Gasteiger partial charge on any atom is -0.508 e. The first-order valence-corrected chi connectivity index (χ1v) is 9.90. The Balaban J connectivity index is 1.48. The summed E-state index contributed by atoms with van der Waals surface area (Å²) >= 11 is 0. The Hall–Kier alpha value is -2.82. The molecule has 2 aliphatic rings. The molecule has 5 nitrogen and oxygen atoms in total. The number of nitrogens with zero attached hydrogens (tertiary/aromatic N) is 2. The number of likely N-dealkylation sites (tertiary alicyclic amines) is 2. The molecule has 2 aromatic carbocycles. The van der Waals surface area contributed by atoms with Crippen molar-refractivity contribution < 1.29 is 14.7 Å². The van der Waals surface area contributed by atoms with E-state index in [-0.39, 0.29) is 17.6 Å². The first-order valence-electron chi connectivity index (χ1n) is 9.90. The van der Waals surface area contributed by atoms with Gasteiger partial charge in [0, 0.05) is 31.7 Å². The molecule has 1 N–H and O–H groups in total. The number of carbonyl (C=O) groups excluding carboxylic acids is 2. The lowest BCUT2D eigenvalue weighted by Crippen LogP contribution is -2.50. The maximum absolute atomic E-state index is 13.3. The van der Waals surface area contributed by atoms with Crippen molar-refractivity contribution in [2.75, 3.05) is 19.6 Å². The zero-order valence-electron chi connectivity index (χ0n) is 16.2. The molecule has 28 heavy (non-hydrogen) atoms. The largest absolute Gasteiger partial charge is 0.508 e. The van der Waals surface area contributed by atoms with Crippen LogP contribution in [0.1, 0.15) is 40.7 Å². The van der Waals surface area contributed by atoms with E-state index < -0.39 is 5.41 Å². The van der Waals surface area contributed by atoms with Gasteiger partial charge in [0.15, 0.2) is 0 Å². The summed E-state index contributed by atoms with van der Waals surface area (Å²) in [6, 6.07) is 14.6. The number of aryl methyl sites for hydroxylation is 1. The molecule has 146 valence electrons. The highest BCUT2D eigenvalue weighted by Gasteiger charge is 2.49. The molecule has 0 aromatic heterocycles. The fourth-order valence-corrected chi connectivity index (χ4v) is 4.54. The van der Waals surface area contributed by atoms with Gasteiger partial charge in [-0.2, -0.15) is 0 Å². The van der Waals surface area contributed by atoms with Crippen LogP contribution in [0.5, 0.6) is 5.75 Å². The number of hydrogen-bond acceptors (Lipinski definition) is 3. The van der Waals surface area contributed by atoms with Crippen molar-refractivity contribution in [3.05, 3.63) is 65.2 Å². The van der Waals surface area contributed by atoms with E-state index in [2.05, 4.69) is 25.1 Å². The van der Waals surface area contributed by atoms with Crippen LogP contribution in [0, 0.1) is 12.3 Å². The normalized spacial score (nSPS) is 22.1. The fourth-order valence-electron chi connectivity index (χ4n) is 4.54. The Bertz CT molecular complexity index is 893. The Labute approximate surface area is 165 Å². The quantitative estimate of drug-likeness (QED) is 0.891.